The number of amides is 1. The van der Waals surface area contributed by atoms with Gasteiger partial charge in [0.15, 0.2) is 0 Å². The highest BCUT2D eigenvalue weighted by Gasteiger charge is 2.30. The predicted octanol–water partition coefficient (Wildman–Crippen LogP) is 2.54. The highest BCUT2D eigenvalue weighted by atomic mass is 32.2. The Bertz CT molecular complexity index is 1160. The minimum Gasteiger partial charge on any atom is -0.495 e. The largest absolute Gasteiger partial charge is 0.495 e. The molecule has 9 nitrogen and oxygen atoms in total. The molecule has 0 bridgehead atoms. The molecule has 3 N–H and O–H groups in total. The van der Waals surface area contributed by atoms with Crippen molar-refractivity contribution in [3.63, 3.8) is 0 Å². The summed E-state index contributed by atoms with van der Waals surface area (Å²) in [6.45, 7) is 1.77. The topological polar surface area (TPSA) is 131 Å². The lowest BCUT2D eigenvalue weighted by Gasteiger charge is -2.13. The van der Waals surface area contributed by atoms with E-state index in [0.29, 0.717) is 17.8 Å². The first-order valence-electron chi connectivity index (χ1n) is 9.76. The van der Waals surface area contributed by atoms with Gasteiger partial charge in [-0.15, -0.1) is 0 Å². The number of anilines is 2. The van der Waals surface area contributed by atoms with Gasteiger partial charge in [0.2, 0.25) is 20.0 Å². The van der Waals surface area contributed by atoms with Crippen molar-refractivity contribution >= 4 is 37.3 Å². The number of hydrogen-bond acceptors (Lipinski definition) is 6. The van der Waals surface area contributed by atoms with Crippen LogP contribution in [0.1, 0.15) is 36.5 Å². The predicted molar refractivity (Wildman–Crippen MR) is 118 cm³/mol. The molecule has 0 unspecified atom stereocenters. The molecule has 0 atom stereocenters. The molecule has 0 radical (unpaired) electrons. The molecule has 2 aromatic carbocycles. The first-order chi connectivity index (χ1) is 14.6. The monoisotopic (exact) mass is 467 g/mol. The Hall–Kier alpha value is -2.63. The van der Waals surface area contributed by atoms with Crippen molar-refractivity contribution in [1.29, 1.82) is 0 Å². The third kappa shape index (κ3) is 6.18. The van der Waals surface area contributed by atoms with Gasteiger partial charge in [-0.2, -0.15) is 0 Å². The fraction of sp³-hybridized carbons (Fsp3) is 0.350. The average molecular weight is 468 g/mol. The zero-order valence-electron chi connectivity index (χ0n) is 17.2. The normalized spacial score (nSPS) is 14.1. The van der Waals surface area contributed by atoms with Crippen LogP contribution in [0.5, 0.6) is 5.75 Å². The summed E-state index contributed by atoms with van der Waals surface area (Å²) in [6, 6.07) is 10.3. The number of benzene rings is 2. The quantitative estimate of drug-likeness (QED) is 0.492. The van der Waals surface area contributed by atoms with Gasteiger partial charge in [0.25, 0.3) is 5.91 Å². The summed E-state index contributed by atoms with van der Waals surface area (Å²) >= 11 is 0. The summed E-state index contributed by atoms with van der Waals surface area (Å²) in [5, 5.41) is 2.67. The van der Waals surface area contributed by atoms with Crippen LogP contribution in [-0.4, -0.2) is 41.6 Å². The van der Waals surface area contributed by atoms with E-state index < -0.39 is 26.0 Å². The maximum atomic E-state index is 12.6. The van der Waals surface area contributed by atoms with Gasteiger partial charge in [-0.1, -0.05) is 6.92 Å². The molecule has 2 aromatic rings. The standard InChI is InChI=1S/C20H25N3O6S2/c1-3-12-30(25,26)22-16-7-5-15(6-8-16)21-20(24)14-4-11-18(29-2)19(13-14)31(27,28)23-17-9-10-17/h4-8,11,13,17,22-23H,3,9-10,12H2,1-2H3,(H,21,24). The molecule has 1 amide bonds. The van der Waals surface area contributed by atoms with Crippen LogP contribution in [0.3, 0.4) is 0 Å². The summed E-state index contributed by atoms with van der Waals surface area (Å²) in [5.74, 6) is -0.345. The number of nitrogens with one attached hydrogen (secondary N) is 3. The molecule has 0 saturated heterocycles. The molecule has 31 heavy (non-hydrogen) atoms. The van der Waals surface area contributed by atoms with Gasteiger partial charge < -0.3 is 10.1 Å². The fourth-order valence-electron chi connectivity index (χ4n) is 2.84. The minimum absolute atomic E-state index is 0.0177. The molecule has 11 heteroatoms. The molecule has 1 fully saturated rings. The lowest BCUT2D eigenvalue weighted by atomic mass is 10.2. The van der Waals surface area contributed by atoms with Gasteiger partial charge in [-0.3, -0.25) is 9.52 Å². The van der Waals surface area contributed by atoms with E-state index in [1.165, 1.54) is 37.4 Å². The maximum Gasteiger partial charge on any atom is 0.255 e. The minimum atomic E-state index is -3.82. The van der Waals surface area contributed by atoms with Gasteiger partial charge in [-0.25, -0.2) is 21.6 Å². The maximum absolute atomic E-state index is 12.6. The lowest BCUT2D eigenvalue weighted by Crippen LogP contribution is -2.26. The van der Waals surface area contributed by atoms with Crippen LogP contribution >= 0.6 is 0 Å². The molecule has 168 valence electrons. The Balaban J connectivity index is 1.75. The van der Waals surface area contributed by atoms with E-state index in [9.17, 15) is 21.6 Å². The van der Waals surface area contributed by atoms with Crippen molar-refractivity contribution in [1.82, 2.24) is 4.72 Å². The number of hydrogen-bond donors (Lipinski definition) is 3. The van der Waals surface area contributed by atoms with Gasteiger partial charge in [0, 0.05) is 23.0 Å². The Labute approximate surface area is 182 Å². The molecule has 1 aliphatic rings. The van der Waals surface area contributed by atoms with Crippen LogP contribution in [0.4, 0.5) is 11.4 Å². The second-order valence-corrected chi connectivity index (χ2v) is 10.7. The Morgan fingerprint density at radius 1 is 1.03 bits per heavy atom. The van der Waals surface area contributed by atoms with Gasteiger partial charge in [-0.05, 0) is 61.7 Å². The summed E-state index contributed by atoms with van der Waals surface area (Å²) < 4.78 is 59.1. The van der Waals surface area contributed by atoms with Crippen LogP contribution in [0, 0.1) is 0 Å². The van der Waals surface area contributed by atoms with Crippen molar-refractivity contribution in [2.45, 2.75) is 37.1 Å². The molecule has 0 heterocycles. The Kier molecular flexibility index (Phi) is 6.87. The van der Waals surface area contributed by atoms with E-state index in [1.54, 1.807) is 19.1 Å². The second kappa shape index (κ2) is 9.25. The molecule has 0 aliphatic heterocycles. The van der Waals surface area contributed by atoms with E-state index in [0.717, 1.165) is 12.8 Å². The zero-order chi connectivity index (χ0) is 22.6. The van der Waals surface area contributed by atoms with Crippen LogP contribution < -0.4 is 19.5 Å². The highest BCUT2D eigenvalue weighted by Crippen LogP contribution is 2.28. The van der Waals surface area contributed by atoms with E-state index in [4.69, 9.17) is 4.74 Å². The molecule has 0 spiro atoms. The Morgan fingerprint density at radius 2 is 1.68 bits per heavy atom. The Morgan fingerprint density at radius 3 is 2.26 bits per heavy atom. The molecular weight excluding hydrogens is 442 g/mol. The number of methoxy groups -OCH3 is 1. The van der Waals surface area contributed by atoms with Gasteiger partial charge >= 0.3 is 0 Å². The van der Waals surface area contributed by atoms with Crippen LogP contribution in [-0.2, 0) is 20.0 Å². The molecule has 3 rings (SSSR count). The highest BCUT2D eigenvalue weighted by molar-refractivity contribution is 7.92. The van der Waals surface area contributed by atoms with Crippen molar-refractivity contribution in [3.05, 3.63) is 48.0 Å². The second-order valence-electron chi connectivity index (χ2n) is 7.21. The number of ether oxygens (including phenoxy) is 1. The van der Waals surface area contributed by atoms with Crippen molar-refractivity contribution < 1.29 is 26.4 Å². The number of rotatable bonds is 10. The lowest BCUT2D eigenvalue weighted by molar-refractivity contribution is 0.102. The molecular formula is C20H25N3O6S2. The van der Waals surface area contributed by atoms with Crippen LogP contribution in [0.15, 0.2) is 47.4 Å². The van der Waals surface area contributed by atoms with E-state index >= 15 is 0 Å². The summed E-state index contributed by atoms with van der Waals surface area (Å²) in [5.41, 5.74) is 0.958. The molecule has 0 aromatic heterocycles. The third-order valence-corrected chi connectivity index (χ3v) is 7.54. The molecule has 1 aliphatic carbocycles. The van der Waals surface area contributed by atoms with Gasteiger partial charge in [0.1, 0.15) is 10.6 Å². The SMILES string of the molecule is CCCS(=O)(=O)Nc1ccc(NC(=O)c2ccc(OC)c(S(=O)(=O)NC3CC3)c2)cc1. The first-order valence-corrected chi connectivity index (χ1v) is 12.9. The number of carbonyl (C=O) groups is 1. The molecule has 1 saturated carbocycles. The first kappa shape index (κ1) is 23.0. The smallest absolute Gasteiger partial charge is 0.255 e. The van der Waals surface area contributed by atoms with Crippen molar-refractivity contribution in [3.8, 4) is 5.75 Å². The third-order valence-electron chi connectivity index (χ3n) is 4.50. The summed E-state index contributed by atoms with van der Waals surface area (Å²) in [6.07, 6.45) is 2.07. The van der Waals surface area contributed by atoms with Crippen molar-refractivity contribution in [2.75, 3.05) is 22.9 Å². The van der Waals surface area contributed by atoms with Gasteiger partial charge in [0.05, 0.1) is 12.9 Å². The fourth-order valence-corrected chi connectivity index (χ4v) is 5.47. The number of carbonyl (C=O) groups excluding carboxylic acids is 1. The number of sulfonamides is 2. The summed E-state index contributed by atoms with van der Waals surface area (Å²) in [4.78, 5) is 12.5. The van der Waals surface area contributed by atoms with E-state index in [-0.39, 0.29) is 28.0 Å². The van der Waals surface area contributed by atoms with Crippen LogP contribution in [0.2, 0.25) is 0 Å². The summed E-state index contributed by atoms with van der Waals surface area (Å²) in [7, 11) is -5.86. The average Bonchev–Trinajstić information content (AvgIpc) is 3.52. The van der Waals surface area contributed by atoms with Crippen LogP contribution in [0.25, 0.3) is 0 Å². The van der Waals surface area contributed by atoms with Crippen molar-refractivity contribution in [2.24, 2.45) is 0 Å². The zero-order valence-corrected chi connectivity index (χ0v) is 18.8. The van der Waals surface area contributed by atoms with E-state index in [2.05, 4.69) is 14.8 Å². The van der Waals surface area contributed by atoms with E-state index in [1.807, 2.05) is 0 Å².